The van der Waals surface area contributed by atoms with Crippen LogP contribution in [0.1, 0.15) is 37.7 Å². The Hall–Kier alpha value is -1.46. The van der Waals surface area contributed by atoms with Crippen molar-refractivity contribution < 1.29 is 9.18 Å². The summed E-state index contributed by atoms with van der Waals surface area (Å²) in [5.41, 5.74) is 1.08. The third-order valence-corrected chi connectivity index (χ3v) is 5.23. The predicted molar refractivity (Wildman–Crippen MR) is 93.0 cm³/mol. The first-order valence-electron chi connectivity index (χ1n) is 9.04. The van der Waals surface area contributed by atoms with Gasteiger partial charge in [-0.25, -0.2) is 4.39 Å². The molecule has 2 N–H and O–H groups in total. The van der Waals surface area contributed by atoms with E-state index in [1.165, 1.54) is 25.0 Å². The summed E-state index contributed by atoms with van der Waals surface area (Å²) in [4.78, 5) is 14.3. The lowest BCUT2D eigenvalue weighted by Gasteiger charge is -2.28. The molecule has 2 aliphatic heterocycles. The van der Waals surface area contributed by atoms with Gasteiger partial charge in [-0.2, -0.15) is 0 Å². The van der Waals surface area contributed by atoms with Crippen molar-refractivity contribution in [3.63, 3.8) is 0 Å². The standard InChI is InChI=1S/C19H28FN3O/c1-23(13-14-2-4-16(20)5-3-14)9-8-21-19(24)12-15-10-17-6-7-18(11-15)22-17/h2-5,15,17-18,22H,6-13H2,1H3,(H,21,24). The number of hydrogen-bond acceptors (Lipinski definition) is 3. The molecule has 1 aromatic carbocycles. The summed E-state index contributed by atoms with van der Waals surface area (Å²) in [6.07, 6.45) is 5.51. The highest BCUT2D eigenvalue weighted by Gasteiger charge is 2.34. The van der Waals surface area contributed by atoms with Crippen LogP contribution in [0.15, 0.2) is 24.3 Å². The topological polar surface area (TPSA) is 44.4 Å². The molecule has 2 fully saturated rings. The second kappa shape index (κ2) is 8.08. The maximum absolute atomic E-state index is 12.9. The zero-order chi connectivity index (χ0) is 16.9. The molecule has 2 atom stereocenters. The van der Waals surface area contributed by atoms with E-state index in [-0.39, 0.29) is 11.7 Å². The number of piperidine rings is 1. The Kier molecular flexibility index (Phi) is 5.85. The quantitative estimate of drug-likeness (QED) is 0.805. The van der Waals surface area contributed by atoms with E-state index in [9.17, 15) is 9.18 Å². The first-order chi connectivity index (χ1) is 11.6. The largest absolute Gasteiger partial charge is 0.355 e. The summed E-state index contributed by atoms with van der Waals surface area (Å²) in [6, 6.07) is 7.85. The van der Waals surface area contributed by atoms with E-state index in [2.05, 4.69) is 15.5 Å². The Morgan fingerprint density at radius 1 is 1.25 bits per heavy atom. The summed E-state index contributed by atoms with van der Waals surface area (Å²) in [7, 11) is 2.01. The molecule has 2 heterocycles. The van der Waals surface area contributed by atoms with Gasteiger partial charge in [0.2, 0.25) is 5.91 Å². The normalized spacial score (nSPS) is 25.9. The number of hydrogen-bond donors (Lipinski definition) is 2. The number of rotatable bonds is 7. The molecule has 2 bridgehead atoms. The van der Waals surface area contributed by atoms with Gasteiger partial charge < -0.3 is 15.5 Å². The number of fused-ring (bicyclic) bond motifs is 2. The van der Waals surface area contributed by atoms with Gasteiger partial charge >= 0.3 is 0 Å². The van der Waals surface area contributed by atoms with Crippen LogP contribution in [0.2, 0.25) is 0 Å². The molecule has 0 radical (unpaired) electrons. The Bertz CT molecular complexity index is 536. The third kappa shape index (κ3) is 5.02. The number of nitrogens with one attached hydrogen (secondary N) is 2. The summed E-state index contributed by atoms with van der Waals surface area (Å²) >= 11 is 0. The van der Waals surface area contributed by atoms with Crippen molar-refractivity contribution in [1.29, 1.82) is 0 Å². The van der Waals surface area contributed by atoms with Gasteiger partial charge in [0.25, 0.3) is 0 Å². The number of halogens is 1. The zero-order valence-electron chi connectivity index (χ0n) is 14.4. The molecule has 2 unspecified atom stereocenters. The first kappa shape index (κ1) is 17.4. The van der Waals surface area contributed by atoms with Crippen molar-refractivity contribution in [2.75, 3.05) is 20.1 Å². The van der Waals surface area contributed by atoms with Gasteiger partial charge in [-0.05, 0) is 56.3 Å². The van der Waals surface area contributed by atoms with Gasteiger partial charge in [0.15, 0.2) is 0 Å². The zero-order valence-corrected chi connectivity index (χ0v) is 14.4. The van der Waals surface area contributed by atoms with Crippen LogP contribution in [0.3, 0.4) is 0 Å². The van der Waals surface area contributed by atoms with Gasteiger partial charge in [-0.15, -0.1) is 0 Å². The van der Waals surface area contributed by atoms with E-state index < -0.39 is 0 Å². The molecule has 2 saturated heterocycles. The lowest BCUT2D eigenvalue weighted by atomic mass is 9.89. The van der Waals surface area contributed by atoms with E-state index >= 15 is 0 Å². The van der Waals surface area contributed by atoms with Crippen molar-refractivity contribution in [3.05, 3.63) is 35.6 Å². The van der Waals surface area contributed by atoms with Gasteiger partial charge in [0.1, 0.15) is 5.82 Å². The van der Waals surface area contributed by atoms with Crippen LogP contribution in [-0.4, -0.2) is 43.0 Å². The van der Waals surface area contributed by atoms with E-state index in [4.69, 9.17) is 0 Å². The van der Waals surface area contributed by atoms with E-state index in [0.29, 0.717) is 31.0 Å². The maximum atomic E-state index is 12.9. The fourth-order valence-corrected chi connectivity index (χ4v) is 4.04. The minimum Gasteiger partial charge on any atom is -0.355 e. The van der Waals surface area contributed by atoms with Crippen molar-refractivity contribution in [1.82, 2.24) is 15.5 Å². The van der Waals surface area contributed by atoms with E-state index in [1.807, 2.05) is 7.05 Å². The maximum Gasteiger partial charge on any atom is 0.220 e. The Balaban J connectivity index is 1.32. The molecule has 3 rings (SSSR count). The fraction of sp³-hybridized carbons (Fsp3) is 0.632. The minimum atomic E-state index is -0.208. The number of benzene rings is 1. The van der Waals surface area contributed by atoms with Crippen molar-refractivity contribution in [3.8, 4) is 0 Å². The molecule has 4 nitrogen and oxygen atoms in total. The molecule has 5 heteroatoms. The SMILES string of the molecule is CN(CCNC(=O)CC1CC2CCC(C1)N2)Cc1ccc(F)cc1. The fourth-order valence-electron chi connectivity index (χ4n) is 4.04. The Morgan fingerprint density at radius 2 is 1.92 bits per heavy atom. The highest BCUT2D eigenvalue weighted by molar-refractivity contribution is 5.76. The number of likely N-dealkylation sites (N-methyl/N-ethyl adjacent to an activating group) is 1. The molecule has 2 aliphatic rings. The van der Waals surface area contributed by atoms with Crippen molar-refractivity contribution >= 4 is 5.91 Å². The van der Waals surface area contributed by atoms with Crippen LogP contribution in [0.5, 0.6) is 0 Å². The number of nitrogens with zero attached hydrogens (tertiary/aromatic N) is 1. The number of carbonyl (C=O) groups excluding carboxylic acids is 1. The van der Waals surface area contributed by atoms with Crippen LogP contribution < -0.4 is 10.6 Å². The van der Waals surface area contributed by atoms with E-state index in [1.54, 1.807) is 12.1 Å². The Morgan fingerprint density at radius 3 is 2.58 bits per heavy atom. The van der Waals surface area contributed by atoms with Crippen LogP contribution >= 0.6 is 0 Å². The molecule has 24 heavy (non-hydrogen) atoms. The summed E-state index contributed by atoms with van der Waals surface area (Å²) in [5.74, 6) is 0.511. The monoisotopic (exact) mass is 333 g/mol. The van der Waals surface area contributed by atoms with Gasteiger partial charge in [-0.1, -0.05) is 12.1 Å². The summed E-state index contributed by atoms with van der Waals surface area (Å²) in [6.45, 7) is 2.21. The van der Waals surface area contributed by atoms with Crippen molar-refractivity contribution in [2.24, 2.45) is 5.92 Å². The van der Waals surface area contributed by atoms with Crippen LogP contribution in [0.4, 0.5) is 4.39 Å². The first-order valence-corrected chi connectivity index (χ1v) is 9.04. The van der Waals surface area contributed by atoms with Crippen LogP contribution in [0, 0.1) is 11.7 Å². The summed E-state index contributed by atoms with van der Waals surface area (Å²) in [5, 5.41) is 6.66. The summed E-state index contributed by atoms with van der Waals surface area (Å²) < 4.78 is 12.9. The lowest BCUT2D eigenvalue weighted by molar-refractivity contribution is -0.122. The average molecular weight is 333 g/mol. The van der Waals surface area contributed by atoms with Crippen LogP contribution in [0.25, 0.3) is 0 Å². The van der Waals surface area contributed by atoms with Crippen LogP contribution in [-0.2, 0) is 11.3 Å². The molecule has 0 spiro atoms. The highest BCUT2D eigenvalue weighted by atomic mass is 19.1. The predicted octanol–water partition coefficient (Wildman–Crippen LogP) is 2.29. The average Bonchev–Trinajstić information content (AvgIpc) is 2.88. The highest BCUT2D eigenvalue weighted by Crippen LogP contribution is 2.32. The molecular formula is C19H28FN3O. The second-order valence-electron chi connectivity index (χ2n) is 7.39. The minimum absolute atomic E-state index is 0.177. The molecule has 132 valence electrons. The number of amides is 1. The van der Waals surface area contributed by atoms with Gasteiger partial charge in [0, 0.05) is 38.1 Å². The van der Waals surface area contributed by atoms with E-state index in [0.717, 1.165) is 31.5 Å². The molecule has 1 amide bonds. The third-order valence-electron chi connectivity index (χ3n) is 5.23. The molecule has 0 aromatic heterocycles. The van der Waals surface area contributed by atoms with Gasteiger partial charge in [0.05, 0.1) is 0 Å². The van der Waals surface area contributed by atoms with Gasteiger partial charge in [-0.3, -0.25) is 4.79 Å². The second-order valence-corrected chi connectivity index (χ2v) is 7.39. The smallest absolute Gasteiger partial charge is 0.220 e. The Labute approximate surface area is 143 Å². The molecular weight excluding hydrogens is 305 g/mol. The van der Waals surface area contributed by atoms with Crippen molar-refractivity contribution in [2.45, 2.75) is 50.7 Å². The molecule has 1 aromatic rings. The molecule has 0 aliphatic carbocycles. The number of carbonyl (C=O) groups is 1. The molecule has 0 saturated carbocycles. The lowest BCUT2D eigenvalue weighted by Crippen LogP contribution is -2.40.